The molecule has 0 radical (unpaired) electrons. The van der Waals surface area contributed by atoms with E-state index in [9.17, 15) is 4.79 Å². The normalized spacial score (nSPS) is 29.6. The lowest BCUT2D eigenvalue weighted by Crippen LogP contribution is -2.43. The molecule has 0 aliphatic heterocycles. The molecule has 0 bridgehead atoms. The number of carbonyl (C=O) groups excluding carboxylic acids is 1. The lowest BCUT2D eigenvalue weighted by atomic mass is 9.69. The van der Waals surface area contributed by atoms with Crippen molar-refractivity contribution in [1.29, 1.82) is 0 Å². The van der Waals surface area contributed by atoms with Gasteiger partial charge in [-0.25, -0.2) is 4.79 Å². The summed E-state index contributed by atoms with van der Waals surface area (Å²) in [6, 6.07) is 1.86. The Morgan fingerprint density at radius 1 is 1.25 bits per heavy atom. The van der Waals surface area contributed by atoms with Gasteiger partial charge in [-0.2, -0.15) is 0 Å². The first-order chi connectivity index (χ1) is 9.70. The maximum Gasteiger partial charge on any atom is 0.320 e. The molecule has 3 atom stereocenters. The van der Waals surface area contributed by atoms with Gasteiger partial charge in [0.25, 0.3) is 0 Å². The molecule has 3 rings (SSSR count). The number of carbonyl (C=O) groups is 1. The van der Waals surface area contributed by atoms with Gasteiger partial charge in [0.15, 0.2) is 5.82 Å². The van der Waals surface area contributed by atoms with Gasteiger partial charge in [0.1, 0.15) is 5.76 Å². The van der Waals surface area contributed by atoms with Gasteiger partial charge in [-0.1, -0.05) is 30.8 Å². The zero-order valence-electron chi connectivity index (χ0n) is 12.0. The Morgan fingerprint density at radius 3 is 2.80 bits per heavy atom. The summed E-state index contributed by atoms with van der Waals surface area (Å²) in [5, 5.41) is 9.57. The van der Waals surface area contributed by atoms with Crippen LogP contribution in [0.2, 0.25) is 0 Å². The summed E-state index contributed by atoms with van der Waals surface area (Å²) in [7, 11) is 0. The molecule has 2 fully saturated rings. The molecule has 2 aliphatic rings. The molecule has 0 aromatic carbocycles. The van der Waals surface area contributed by atoms with Crippen molar-refractivity contribution in [3.63, 3.8) is 0 Å². The summed E-state index contributed by atoms with van der Waals surface area (Å²) in [6.07, 6.45) is 8.99. The second-order valence-electron chi connectivity index (χ2n) is 6.24. The number of fused-ring (bicyclic) bond motifs is 1. The van der Waals surface area contributed by atoms with Gasteiger partial charge in [-0.05, 0) is 38.0 Å². The molecule has 1 aromatic rings. The SMILES string of the molecule is Cc1cc(NC(=O)NC2CCC3CCCCC3C2)no1. The van der Waals surface area contributed by atoms with Gasteiger partial charge in [-0.3, -0.25) is 5.32 Å². The zero-order valence-corrected chi connectivity index (χ0v) is 12.0. The van der Waals surface area contributed by atoms with Crippen LogP contribution in [0.4, 0.5) is 10.6 Å². The molecule has 1 heterocycles. The Labute approximate surface area is 119 Å². The van der Waals surface area contributed by atoms with E-state index in [1.54, 1.807) is 13.0 Å². The van der Waals surface area contributed by atoms with Crippen LogP contribution < -0.4 is 10.6 Å². The molecule has 5 nitrogen and oxygen atoms in total. The number of aryl methyl sites for hydroxylation is 1. The highest BCUT2D eigenvalue weighted by Gasteiger charge is 2.32. The van der Waals surface area contributed by atoms with E-state index in [0.717, 1.165) is 24.7 Å². The third kappa shape index (κ3) is 3.14. The Balaban J connectivity index is 1.49. The predicted molar refractivity (Wildman–Crippen MR) is 76.5 cm³/mol. The molecule has 20 heavy (non-hydrogen) atoms. The lowest BCUT2D eigenvalue weighted by molar-refractivity contribution is 0.146. The number of aromatic nitrogens is 1. The second kappa shape index (κ2) is 5.85. The highest BCUT2D eigenvalue weighted by molar-refractivity contribution is 5.88. The largest absolute Gasteiger partial charge is 0.360 e. The molecular weight excluding hydrogens is 254 g/mol. The first-order valence-electron chi connectivity index (χ1n) is 7.71. The third-order valence-electron chi connectivity index (χ3n) is 4.74. The average Bonchev–Trinajstić information content (AvgIpc) is 2.83. The van der Waals surface area contributed by atoms with E-state index in [1.165, 1.54) is 32.1 Å². The Morgan fingerprint density at radius 2 is 2.05 bits per heavy atom. The molecule has 2 amide bonds. The van der Waals surface area contributed by atoms with E-state index in [-0.39, 0.29) is 6.03 Å². The molecule has 5 heteroatoms. The summed E-state index contributed by atoms with van der Waals surface area (Å²) in [6.45, 7) is 1.81. The number of amides is 2. The fourth-order valence-corrected chi connectivity index (χ4v) is 3.77. The van der Waals surface area contributed by atoms with Crippen molar-refractivity contribution < 1.29 is 9.32 Å². The van der Waals surface area contributed by atoms with E-state index in [0.29, 0.717) is 17.6 Å². The third-order valence-corrected chi connectivity index (χ3v) is 4.74. The number of urea groups is 1. The lowest BCUT2D eigenvalue weighted by Gasteiger charge is -2.39. The Hall–Kier alpha value is -1.52. The number of hydrogen-bond acceptors (Lipinski definition) is 3. The fourth-order valence-electron chi connectivity index (χ4n) is 3.77. The highest BCUT2D eigenvalue weighted by atomic mass is 16.5. The summed E-state index contributed by atoms with van der Waals surface area (Å²) in [4.78, 5) is 11.9. The van der Waals surface area contributed by atoms with Crippen LogP contribution in [0, 0.1) is 18.8 Å². The molecule has 0 saturated heterocycles. The molecular formula is C15H23N3O2. The molecule has 2 N–H and O–H groups in total. The van der Waals surface area contributed by atoms with E-state index in [2.05, 4.69) is 15.8 Å². The fraction of sp³-hybridized carbons (Fsp3) is 0.733. The van der Waals surface area contributed by atoms with Gasteiger partial charge in [0, 0.05) is 12.1 Å². The predicted octanol–water partition coefficient (Wildman–Crippen LogP) is 3.46. The number of hydrogen-bond donors (Lipinski definition) is 2. The van der Waals surface area contributed by atoms with Crippen LogP contribution in [0.25, 0.3) is 0 Å². The standard InChI is InChI=1S/C15H23N3O2/c1-10-8-14(18-20-10)17-15(19)16-13-7-6-11-4-2-3-5-12(11)9-13/h8,11-13H,2-7,9H2,1H3,(H2,16,17,18,19). The topological polar surface area (TPSA) is 67.2 Å². The zero-order chi connectivity index (χ0) is 13.9. The average molecular weight is 277 g/mol. The maximum atomic E-state index is 11.9. The van der Waals surface area contributed by atoms with Crippen LogP contribution in [0.5, 0.6) is 0 Å². The first kappa shape index (κ1) is 13.5. The molecule has 2 saturated carbocycles. The van der Waals surface area contributed by atoms with Gasteiger partial charge in [0.2, 0.25) is 0 Å². The number of nitrogens with one attached hydrogen (secondary N) is 2. The van der Waals surface area contributed by atoms with Gasteiger partial charge in [-0.15, -0.1) is 0 Å². The van der Waals surface area contributed by atoms with Crippen molar-refractivity contribution in [3.05, 3.63) is 11.8 Å². The summed E-state index contributed by atoms with van der Waals surface area (Å²) < 4.78 is 4.93. The van der Waals surface area contributed by atoms with Crippen molar-refractivity contribution in [1.82, 2.24) is 10.5 Å². The molecule has 0 spiro atoms. The van der Waals surface area contributed by atoms with Gasteiger partial charge >= 0.3 is 6.03 Å². The van der Waals surface area contributed by atoms with Gasteiger partial charge < -0.3 is 9.84 Å². The van der Waals surface area contributed by atoms with Gasteiger partial charge in [0.05, 0.1) is 0 Å². The summed E-state index contributed by atoms with van der Waals surface area (Å²) >= 11 is 0. The molecule has 3 unspecified atom stereocenters. The van der Waals surface area contributed by atoms with E-state index < -0.39 is 0 Å². The molecule has 110 valence electrons. The maximum absolute atomic E-state index is 11.9. The Kier molecular flexibility index (Phi) is 3.94. The number of rotatable bonds is 2. The monoisotopic (exact) mass is 277 g/mol. The van der Waals surface area contributed by atoms with Crippen LogP contribution in [0.15, 0.2) is 10.6 Å². The van der Waals surface area contributed by atoms with E-state index in [4.69, 9.17) is 4.52 Å². The van der Waals surface area contributed by atoms with Crippen LogP contribution in [0.1, 0.15) is 50.7 Å². The minimum Gasteiger partial charge on any atom is -0.360 e. The van der Waals surface area contributed by atoms with Crippen LogP contribution in [-0.4, -0.2) is 17.2 Å². The van der Waals surface area contributed by atoms with Crippen LogP contribution >= 0.6 is 0 Å². The van der Waals surface area contributed by atoms with Crippen molar-refractivity contribution in [2.75, 3.05) is 5.32 Å². The van der Waals surface area contributed by atoms with Crippen molar-refractivity contribution in [2.24, 2.45) is 11.8 Å². The Bertz CT molecular complexity index is 471. The quantitative estimate of drug-likeness (QED) is 0.870. The first-order valence-corrected chi connectivity index (χ1v) is 7.71. The van der Waals surface area contributed by atoms with Crippen molar-refractivity contribution in [3.8, 4) is 0 Å². The second-order valence-corrected chi connectivity index (χ2v) is 6.24. The number of nitrogens with zero attached hydrogens (tertiary/aromatic N) is 1. The van der Waals surface area contributed by atoms with E-state index in [1.807, 2.05) is 0 Å². The molecule has 2 aliphatic carbocycles. The van der Waals surface area contributed by atoms with Crippen LogP contribution in [-0.2, 0) is 0 Å². The number of anilines is 1. The smallest absolute Gasteiger partial charge is 0.320 e. The van der Waals surface area contributed by atoms with Crippen molar-refractivity contribution >= 4 is 11.8 Å². The molecule has 1 aromatic heterocycles. The van der Waals surface area contributed by atoms with Crippen molar-refractivity contribution in [2.45, 2.75) is 57.9 Å². The summed E-state index contributed by atoms with van der Waals surface area (Å²) in [5.74, 6) is 2.90. The minimum atomic E-state index is -0.169. The minimum absolute atomic E-state index is 0.169. The highest BCUT2D eigenvalue weighted by Crippen LogP contribution is 2.40. The van der Waals surface area contributed by atoms with Crippen LogP contribution in [0.3, 0.4) is 0 Å². The van der Waals surface area contributed by atoms with E-state index >= 15 is 0 Å². The summed E-state index contributed by atoms with van der Waals surface area (Å²) in [5.41, 5.74) is 0.